The number of nitrogens with zero attached hydrogens (tertiary/aromatic N) is 1. The van der Waals surface area contributed by atoms with Crippen molar-refractivity contribution in [1.29, 1.82) is 0 Å². The second kappa shape index (κ2) is 8.35. The van der Waals surface area contributed by atoms with E-state index in [0.29, 0.717) is 11.5 Å². The molecule has 0 aliphatic rings. The van der Waals surface area contributed by atoms with E-state index in [2.05, 4.69) is 26.5 Å². The first-order valence-electron chi connectivity index (χ1n) is 7.05. The summed E-state index contributed by atoms with van der Waals surface area (Å²) in [6, 6.07) is 9.99. The van der Waals surface area contributed by atoms with E-state index in [4.69, 9.17) is 9.47 Å². The van der Waals surface area contributed by atoms with Crippen LogP contribution >= 0.6 is 15.9 Å². The zero-order valence-corrected chi connectivity index (χ0v) is 14.8. The van der Waals surface area contributed by atoms with Crippen molar-refractivity contribution in [2.75, 3.05) is 14.2 Å². The molecule has 1 amide bonds. The molecule has 0 heterocycles. The molecule has 24 heavy (non-hydrogen) atoms. The monoisotopic (exact) mass is 392 g/mol. The lowest BCUT2D eigenvalue weighted by Gasteiger charge is -2.10. The summed E-state index contributed by atoms with van der Waals surface area (Å²) in [4.78, 5) is 11.8. The minimum atomic E-state index is -0.253. The zero-order valence-electron chi connectivity index (χ0n) is 13.2. The molecule has 2 N–H and O–H groups in total. The Morgan fingerprint density at radius 1 is 1.25 bits per heavy atom. The fourth-order valence-electron chi connectivity index (χ4n) is 2.03. The summed E-state index contributed by atoms with van der Waals surface area (Å²) in [5.41, 5.74) is 3.99. The van der Waals surface area contributed by atoms with Gasteiger partial charge < -0.3 is 14.6 Å². The highest BCUT2D eigenvalue weighted by Crippen LogP contribution is 2.35. The van der Waals surface area contributed by atoms with Crippen LogP contribution in [0.2, 0.25) is 0 Å². The highest BCUT2D eigenvalue weighted by atomic mass is 79.9. The van der Waals surface area contributed by atoms with Gasteiger partial charge in [-0.05, 0) is 51.3 Å². The van der Waals surface area contributed by atoms with E-state index in [0.717, 1.165) is 15.6 Å². The third kappa shape index (κ3) is 4.73. The van der Waals surface area contributed by atoms with Crippen LogP contribution in [-0.4, -0.2) is 31.4 Å². The van der Waals surface area contributed by atoms with Gasteiger partial charge in [0.15, 0.2) is 11.5 Å². The summed E-state index contributed by atoms with van der Waals surface area (Å²) in [6.07, 6.45) is 1.69. The zero-order chi connectivity index (χ0) is 17.5. The first-order chi connectivity index (χ1) is 11.5. The molecule has 0 unspecified atom stereocenters. The van der Waals surface area contributed by atoms with Gasteiger partial charge in [-0.3, -0.25) is 4.79 Å². The predicted molar refractivity (Wildman–Crippen MR) is 94.8 cm³/mol. The van der Waals surface area contributed by atoms with Gasteiger partial charge in [0.25, 0.3) is 0 Å². The minimum Gasteiger partial charge on any atom is -0.508 e. The summed E-state index contributed by atoms with van der Waals surface area (Å²) < 4.78 is 11.2. The molecule has 126 valence electrons. The van der Waals surface area contributed by atoms with Crippen LogP contribution in [0.5, 0.6) is 17.2 Å². The molecular weight excluding hydrogens is 376 g/mol. The second-order valence-corrected chi connectivity index (χ2v) is 5.73. The molecule has 2 aromatic carbocycles. The minimum absolute atomic E-state index is 0.163. The van der Waals surface area contributed by atoms with Crippen LogP contribution in [0.4, 0.5) is 0 Å². The molecule has 0 spiro atoms. The molecule has 0 saturated carbocycles. The summed E-state index contributed by atoms with van der Waals surface area (Å²) in [5, 5.41) is 13.1. The molecule has 0 atom stereocenters. The van der Waals surface area contributed by atoms with Gasteiger partial charge in [-0.1, -0.05) is 12.1 Å². The van der Waals surface area contributed by atoms with Crippen LogP contribution < -0.4 is 14.9 Å². The van der Waals surface area contributed by atoms with Crippen molar-refractivity contribution < 1.29 is 19.4 Å². The van der Waals surface area contributed by atoms with Crippen LogP contribution in [-0.2, 0) is 11.2 Å². The number of carbonyl (C=O) groups excluding carboxylic acids is 1. The lowest BCUT2D eigenvalue weighted by molar-refractivity contribution is -0.120. The SMILES string of the molecule is COc1cc(/C=N\NC(=O)Cc2ccc(O)cc2)cc(Br)c1OC. The van der Waals surface area contributed by atoms with Crippen molar-refractivity contribution in [3.05, 3.63) is 52.0 Å². The number of methoxy groups -OCH3 is 2. The van der Waals surface area contributed by atoms with Crippen LogP contribution in [0, 0.1) is 0 Å². The van der Waals surface area contributed by atoms with Crippen LogP contribution in [0.25, 0.3) is 0 Å². The number of aromatic hydroxyl groups is 1. The van der Waals surface area contributed by atoms with E-state index < -0.39 is 0 Å². The maximum Gasteiger partial charge on any atom is 0.244 e. The Labute approximate surface area is 148 Å². The van der Waals surface area contributed by atoms with Crippen molar-refractivity contribution in [1.82, 2.24) is 5.43 Å². The van der Waals surface area contributed by atoms with Gasteiger partial charge in [-0.2, -0.15) is 5.10 Å². The molecule has 2 aromatic rings. The molecule has 7 heteroatoms. The fraction of sp³-hybridized carbons (Fsp3) is 0.176. The summed E-state index contributed by atoms with van der Waals surface area (Å²) in [7, 11) is 3.10. The van der Waals surface area contributed by atoms with E-state index in [1.54, 1.807) is 38.5 Å². The van der Waals surface area contributed by atoms with Crippen LogP contribution in [0.1, 0.15) is 11.1 Å². The maximum absolute atomic E-state index is 11.8. The Hall–Kier alpha value is -2.54. The van der Waals surface area contributed by atoms with Gasteiger partial charge in [-0.25, -0.2) is 5.43 Å². The molecule has 0 bridgehead atoms. The Morgan fingerprint density at radius 3 is 2.58 bits per heavy atom. The number of hydrogen-bond donors (Lipinski definition) is 2. The van der Waals surface area contributed by atoms with E-state index in [-0.39, 0.29) is 18.1 Å². The fourth-order valence-corrected chi connectivity index (χ4v) is 2.65. The van der Waals surface area contributed by atoms with Crippen molar-refractivity contribution in [2.45, 2.75) is 6.42 Å². The van der Waals surface area contributed by atoms with E-state index in [9.17, 15) is 9.90 Å². The van der Waals surface area contributed by atoms with Crippen molar-refractivity contribution in [2.24, 2.45) is 5.10 Å². The van der Waals surface area contributed by atoms with Gasteiger partial charge in [0, 0.05) is 0 Å². The number of hydrazone groups is 1. The van der Waals surface area contributed by atoms with Crippen molar-refractivity contribution in [3.63, 3.8) is 0 Å². The number of ether oxygens (including phenoxy) is 2. The van der Waals surface area contributed by atoms with E-state index >= 15 is 0 Å². The smallest absolute Gasteiger partial charge is 0.244 e. The number of rotatable bonds is 6. The quantitative estimate of drug-likeness (QED) is 0.584. The average molecular weight is 393 g/mol. The van der Waals surface area contributed by atoms with E-state index in [1.165, 1.54) is 18.3 Å². The molecule has 0 aliphatic heterocycles. The molecule has 0 fully saturated rings. The summed E-state index contributed by atoms with van der Waals surface area (Å²) >= 11 is 3.40. The maximum atomic E-state index is 11.8. The van der Waals surface area contributed by atoms with Crippen LogP contribution in [0.15, 0.2) is 46.0 Å². The lowest BCUT2D eigenvalue weighted by Crippen LogP contribution is -2.19. The molecule has 6 nitrogen and oxygen atoms in total. The highest BCUT2D eigenvalue weighted by molar-refractivity contribution is 9.10. The summed E-state index contributed by atoms with van der Waals surface area (Å²) in [6.45, 7) is 0. The Bertz CT molecular complexity index is 745. The molecule has 0 saturated heterocycles. The Balaban J connectivity index is 1.99. The Kier molecular flexibility index (Phi) is 6.20. The number of phenolic OH excluding ortho intramolecular Hbond substituents is 1. The first kappa shape index (κ1) is 17.8. The van der Waals surface area contributed by atoms with Gasteiger partial charge in [0.1, 0.15) is 5.75 Å². The number of nitrogens with one attached hydrogen (secondary N) is 1. The average Bonchev–Trinajstić information content (AvgIpc) is 2.56. The number of carbonyl (C=O) groups is 1. The number of benzene rings is 2. The summed E-state index contributed by atoms with van der Waals surface area (Å²) in [5.74, 6) is 1.06. The number of hydrogen-bond acceptors (Lipinski definition) is 5. The molecule has 2 rings (SSSR count). The molecule has 0 aromatic heterocycles. The van der Waals surface area contributed by atoms with E-state index in [1.807, 2.05) is 0 Å². The van der Waals surface area contributed by atoms with Gasteiger partial charge in [-0.15, -0.1) is 0 Å². The number of amides is 1. The third-order valence-corrected chi connectivity index (χ3v) is 3.75. The predicted octanol–water partition coefficient (Wildman–Crippen LogP) is 2.86. The lowest BCUT2D eigenvalue weighted by atomic mass is 10.1. The molecular formula is C17H17BrN2O4. The first-order valence-corrected chi connectivity index (χ1v) is 7.84. The Morgan fingerprint density at radius 2 is 1.96 bits per heavy atom. The topological polar surface area (TPSA) is 80.2 Å². The van der Waals surface area contributed by atoms with Crippen molar-refractivity contribution >= 4 is 28.1 Å². The highest BCUT2D eigenvalue weighted by Gasteiger charge is 2.09. The largest absolute Gasteiger partial charge is 0.508 e. The standard InChI is InChI=1S/C17H17BrN2O4/c1-23-15-8-12(7-14(18)17(15)24-2)10-19-20-16(22)9-11-3-5-13(21)6-4-11/h3-8,10,21H,9H2,1-2H3,(H,20,22)/b19-10-. The molecule has 0 aliphatic carbocycles. The van der Waals surface area contributed by atoms with Crippen LogP contribution in [0.3, 0.4) is 0 Å². The second-order valence-electron chi connectivity index (χ2n) is 4.87. The third-order valence-electron chi connectivity index (χ3n) is 3.16. The normalized spacial score (nSPS) is 10.6. The van der Waals surface area contributed by atoms with Gasteiger partial charge >= 0.3 is 0 Å². The number of phenols is 1. The molecule has 0 radical (unpaired) electrons. The van der Waals surface area contributed by atoms with Crippen molar-refractivity contribution in [3.8, 4) is 17.2 Å². The van der Waals surface area contributed by atoms with Gasteiger partial charge in [0.2, 0.25) is 5.91 Å². The van der Waals surface area contributed by atoms with Gasteiger partial charge in [0.05, 0.1) is 31.3 Å². The number of halogens is 1.